The molecular weight excluding hydrogens is 903 g/mol. The molecule has 0 unspecified atom stereocenters. The summed E-state index contributed by atoms with van der Waals surface area (Å²) < 4.78 is 0. The van der Waals surface area contributed by atoms with Crippen molar-refractivity contribution in [1.29, 1.82) is 5.26 Å². The van der Waals surface area contributed by atoms with Gasteiger partial charge in [-0.3, -0.25) is 4.98 Å². The first-order valence-corrected chi connectivity index (χ1v) is 27.6. The van der Waals surface area contributed by atoms with Gasteiger partial charge in [-0.1, -0.05) is 268 Å². The number of pyridine rings is 1. The molecule has 2 aromatic heterocycles. The zero-order valence-corrected chi connectivity index (χ0v) is 53.2. The third kappa shape index (κ3) is 20.6. The van der Waals surface area contributed by atoms with E-state index < -0.39 is 0 Å². The number of hydrogen-bond donors (Lipinski definition) is 0. The summed E-state index contributed by atoms with van der Waals surface area (Å²) in [6, 6.07) is 29.7. The molecule has 2 heterocycles. The second-order valence-electron chi connectivity index (χ2n) is 30.3. The maximum absolute atomic E-state index is 9.22. The zero-order chi connectivity index (χ0) is 57.4. The topological polar surface area (TPSA) is 41.0 Å². The highest BCUT2D eigenvalue weighted by molar-refractivity contribution is 7.10. The van der Waals surface area contributed by atoms with E-state index in [2.05, 4.69) is 278 Å². The van der Waals surface area contributed by atoms with E-state index in [9.17, 15) is 5.26 Å². The monoisotopic (exact) mass is 1010 g/mol. The van der Waals surface area contributed by atoms with Crippen molar-refractivity contribution in [1.82, 2.24) is 4.98 Å². The van der Waals surface area contributed by atoms with E-state index in [1.165, 1.54) is 55.1 Å². The van der Waals surface area contributed by atoms with Gasteiger partial charge in [-0.25, -0.2) is 4.85 Å². The Morgan fingerprint density at radius 1 is 0.397 bits per heavy atom. The van der Waals surface area contributed by atoms with Gasteiger partial charge in [0.05, 0.1) is 18.2 Å². The Kier molecular flexibility index (Phi) is 22.3. The summed E-state index contributed by atoms with van der Waals surface area (Å²) in [7, 11) is 0. The largest absolute Gasteiger partial charge is 0.260 e. The number of aromatic nitrogens is 1. The van der Waals surface area contributed by atoms with Gasteiger partial charge in [0, 0.05) is 22.2 Å². The van der Waals surface area contributed by atoms with E-state index in [1.54, 1.807) is 0 Å². The Morgan fingerprint density at radius 2 is 0.795 bits per heavy atom. The van der Waals surface area contributed by atoms with Crippen LogP contribution in [0.25, 0.3) is 4.85 Å². The summed E-state index contributed by atoms with van der Waals surface area (Å²) in [5.74, 6) is 0. The molecule has 0 spiro atoms. The fraction of sp³-hybridized carbons (Fsp3) is 0.580. The predicted molar refractivity (Wildman–Crippen MR) is 326 cm³/mol. The number of thiophene rings is 1. The van der Waals surface area contributed by atoms with Gasteiger partial charge in [0.2, 0.25) is 0 Å². The minimum atomic E-state index is 0.00887. The first-order valence-electron chi connectivity index (χ1n) is 26.7. The molecule has 0 aliphatic heterocycles. The SMILES string of the molecule is CC(C)(C)c1cccc(C#N)c1C(C)(C)C.CC(C)(C)c1ccccc1C(C)(C)C.CC(C)(C)c1cccnc1C(C)(C)C.CC(C)(C)c1ccsc1C(C)(C)C.[C-]#[N+]c1ccc(C(C)(C)C)c(C(C)(C)C)c1. The molecule has 402 valence electrons. The molecule has 0 N–H and O–H groups in total. The summed E-state index contributed by atoms with van der Waals surface area (Å²) >= 11 is 1.88. The van der Waals surface area contributed by atoms with Crippen molar-refractivity contribution in [3.63, 3.8) is 0 Å². The van der Waals surface area contributed by atoms with Crippen molar-refractivity contribution in [3.8, 4) is 6.07 Å². The van der Waals surface area contributed by atoms with Crippen molar-refractivity contribution in [3.05, 3.63) is 162 Å². The molecular formula is C69H105N3S. The normalized spacial score (nSPS) is 12.8. The molecule has 3 aromatic carbocycles. The standard InChI is InChI=1S/2C15H21N.C14H22.C13H21N.C12H20S/c1-14(2,3)12-9-8-11(16-7)10-13(12)15(4,5)6;1-14(2,3)12-9-7-8-11(10-16)13(12)15(4,5)6;1-13(2,3)11-9-7-8-10-12(11)14(4,5)6;1-12(2,3)10-8-7-9-14-11(10)13(4,5)6;1-11(2,3)9-7-8-13-10(9)12(4,5)6/h8-10H,1-6H3;7-9H,1-6H3;7-10H,1-6H3;7-9H,1-6H3;7-8H,1-6H3. The quantitative estimate of drug-likeness (QED) is 0.145. The lowest BCUT2D eigenvalue weighted by molar-refractivity contribution is 0.514. The van der Waals surface area contributed by atoms with Crippen molar-refractivity contribution < 1.29 is 0 Å². The molecule has 0 radical (unpaired) electrons. The molecule has 0 aliphatic rings. The number of nitrogens with zero attached hydrogens (tertiary/aromatic N) is 3. The molecule has 0 amide bonds. The highest BCUT2D eigenvalue weighted by atomic mass is 32.1. The lowest BCUT2D eigenvalue weighted by Crippen LogP contribution is -2.23. The second-order valence-corrected chi connectivity index (χ2v) is 31.2. The van der Waals surface area contributed by atoms with Crippen molar-refractivity contribution in [2.75, 3.05) is 0 Å². The second kappa shape index (κ2) is 24.4. The Bertz CT molecular complexity index is 2430. The van der Waals surface area contributed by atoms with Crippen LogP contribution in [0.4, 0.5) is 5.69 Å². The summed E-state index contributed by atoms with van der Waals surface area (Å²) in [5.41, 5.74) is 15.3. The van der Waals surface area contributed by atoms with Crippen LogP contribution in [-0.2, 0) is 54.1 Å². The summed E-state index contributed by atoms with van der Waals surface area (Å²) in [6.45, 7) is 74.1. The lowest BCUT2D eigenvalue weighted by atomic mass is 9.73. The molecule has 5 rings (SSSR count). The minimum absolute atomic E-state index is 0.00887. The third-order valence-corrected chi connectivity index (χ3v) is 13.9. The average Bonchev–Trinajstić information content (AvgIpc) is 3.75. The maximum atomic E-state index is 9.22. The highest BCUT2D eigenvalue weighted by Crippen LogP contribution is 2.40. The van der Waals surface area contributed by atoms with E-state index in [0.717, 1.165) is 11.3 Å². The molecule has 5 aromatic rings. The van der Waals surface area contributed by atoms with Crippen LogP contribution in [0.3, 0.4) is 0 Å². The van der Waals surface area contributed by atoms with Gasteiger partial charge in [0.1, 0.15) is 0 Å². The smallest absolute Gasteiger partial charge is 0.187 e. The molecule has 0 fully saturated rings. The van der Waals surface area contributed by atoms with Crippen LogP contribution < -0.4 is 0 Å². The predicted octanol–water partition coefficient (Wildman–Crippen LogP) is 21.3. The number of benzene rings is 3. The highest BCUT2D eigenvalue weighted by Gasteiger charge is 2.30. The Labute approximate surface area is 455 Å². The Balaban J connectivity index is 0.000000457. The first-order chi connectivity index (χ1) is 32.5. The molecule has 4 heteroatoms. The van der Waals surface area contributed by atoms with Crippen LogP contribution in [0.2, 0.25) is 0 Å². The van der Waals surface area contributed by atoms with Gasteiger partial charge in [-0.15, -0.1) is 11.3 Å². The zero-order valence-electron chi connectivity index (χ0n) is 52.4. The average molecular weight is 1010 g/mol. The van der Waals surface area contributed by atoms with E-state index in [0.29, 0.717) is 0 Å². The fourth-order valence-electron chi connectivity index (χ4n) is 8.83. The van der Waals surface area contributed by atoms with E-state index in [-0.39, 0.29) is 54.1 Å². The van der Waals surface area contributed by atoms with Crippen LogP contribution in [0.1, 0.15) is 268 Å². The molecule has 3 nitrogen and oxygen atoms in total. The summed E-state index contributed by atoms with van der Waals surface area (Å²) in [5, 5.41) is 11.4. The van der Waals surface area contributed by atoms with Gasteiger partial charge in [-0.05, 0) is 117 Å². The van der Waals surface area contributed by atoms with Crippen LogP contribution in [0, 0.1) is 17.9 Å². The van der Waals surface area contributed by atoms with E-state index in [4.69, 9.17) is 6.57 Å². The van der Waals surface area contributed by atoms with Gasteiger partial charge in [-0.2, -0.15) is 5.26 Å². The van der Waals surface area contributed by atoms with Crippen molar-refractivity contribution in [2.24, 2.45) is 0 Å². The molecule has 0 saturated heterocycles. The van der Waals surface area contributed by atoms with Crippen LogP contribution in [0.5, 0.6) is 0 Å². The lowest BCUT2D eigenvalue weighted by Gasteiger charge is -2.30. The minimum Gasteiger partial charge on any atom is -0.260 e. The Hall–Kier alpha value is -4.51. The van der Waals surface area contributed by atoms with E-state index in [1.807, 2.05) is 47.9 Å². The van der Waals surface area contributed by atoms with Gasteiger partial charge in [0.15, 0.2) is 5.69 Å². The van der Waals surface area contributed by atoms with Crippen LogP contribution in [-0.4, -0.2) is 4.98 Å². The molecule has 0 bridgehead atoms. The summed E-state index contributed by atoms with van der Waals surface area (Å²) in [4.78, 5) is 9.56. The third-order valence-electron chi connectivity index (χ3n) is 12.5. The van der Waals surface area contributed by atoms with Crippen molar-refractivity contribution in [2.45, 2.75) is 262 Å². The number of hydrogen-bond acceptors (Lipinski definition) is 3. The van der Waals surface area contributed by atoms with Gasteiger partial charge < -0.3 is 0 Å². The number of rotatable bonds is 0. The van der Waals surface area contributed by atoms with Gasteiger partial charge >= 0.3 is 0 Å². The molecule has 0 saturated carbocycles. The van der Waals surface area contributed by atoms with Crippen molar-refractivity contribution >= 4 is 17.0 Å². The first kappa shape index (κ1) is 66.5. The molecule has 0 atom stereocenters. The molecule has 0 aliphatic carbocycles. The van der Waals surface area contributed by atoms with Gasteiger partial charge in [0.25, 0.3) is 0 Å². The molecule has 73 heavy (non-hydrogen) atoms. The van der Waals surface area contributed by atoms with Crippen LogP contribution in [0.15, 0.2) is 90.4 Å². The summed E-state index contributed by atoms with van der Waals surface area (Å²) in [6.07, 6.45) is 1.88. The van der Waals surface area contributed by atoms with Crippen LogP contribution >= 0.6 is 11.3 Å². The fourth-order valence-corrected chi connectivity index (χ4v) is 10.0. The number of nitriles is 1. The van der Waals surface area contributed by atoms with E-state index >= 15 is 0 Å². The Morgan fingerprint density at radius 3 is 1.12 bits per heavy atom. The maximum Gasteiger partial charge on any atom is 0.187 e.